The summed E-state index contributed by atoms with van der Waals surface area (Å²) in [6.07, 6.45) is 0. The van der Waals surface area contributed by atoms with Gasteiger partial charge in [-0.1, -0.05) is 42.2 Å². The van der Waals surface area contributed by atoms with E-state index in [4.69, 9.17) is 4.74 Å². The van der Waals surface area contributed by atoms with Crippen LogP contribution in [0.1, 0.15) is 20.8 Å². The van der Waals surface area contributed by atoms with Crippen molar-refractivity contribution in [2.24, 2.45) is 0 Å². The number of hydrogen-bond donors (Lipinski definition) is 2. The number of thioether (sulfide) groups is 1. The van der Waals surface area contributed by atoms with E-state index in [1.807, 2.05) is 66.0 Å². The molecule has 2 N–H and O–H groups in total. The molecule has 0 fully saturated rings. The number of anilines is 2. The van der Waals surface area contributed by atoms with E-state index in [1.165, 1.54) is 11.8 Å². The molecule has 0 aliphatic heterocycles. The minimum absolute atomic E-state index is 0.162. The molecule has 2 amide bonds. The number of carbonyl (C=O) groups excluding carboxylic acids is 2. The lowest BCUT2D eigenvalue weighted by atomic mass is 10.1. The summed E-state index contributed by atoms with van der Waals surface area (Å²) in [6, 6.07) is 25.8. The zero-order valence-electron chi connectivity index (χ0n) is 18.9. The number of thiophene rings is 1. The van der Waals surface area contributed by atoms with Gasteiger partial charge in [0.25, 0.3) is 5.91 Å². The van der Waals surface area contributed by atoms with Gasteiger partial charge in [0.1, 0.15) is 5.75 Å². The van der Waals surface area contributed by atoms with E-state index in [2.05, 4.69) is 22.5 Å². The predicted molar refractivity (Wildman–Crippen MR) is 143 cm³/mol. The van der Waals surface area contributed by atoms with Crippen molar-refractivity contribution in [1.29, 1.82) is 0 Å². The van der Waals surface area contributed by atoms with Gasteiger partial charge >= 0.3 is 0 Å². The van der Waals surface area contributed by atoms with Crippen molar-refractivity contribution in [3.63, 3.8) is 0 Å². The zero-order chi connectivity index (χ0) is 24.5. The van der Waals surface area contributed by atoms with E-state index in [0.29, 0.717) is 22.7 Å². The first-order chi connectivity index (χ1) is 17.1. The zero-order valence-corrected chi connectivity index (χ0v) is 20.5. The number of methoxy groups -OCH3 is 1. The summed E-state index contributed by atoms with van der Waals surface area (Å²) in [7, 11) is 1.58. The van der Waals surface area contributed by atoms with Crippen molar-refractivity contribution in [1.82, 2.24) is 0 Å². The highest BCUT2D eigenvalue weighted by Gasteiger charge is 2.13. The standard InChI is InChI=1S/C28H22N2O3S2/c1-33-23-10-5-9-22(18-23)29-27(31)19-35-26-13-3-2-12-25(26)28(32)30-21-8-4-7-20(17-21)14-15-24-11-6-16-34-24/h2-13,16-18H,19H2,1H3,(H,29,31)(H,30,32). The summed E-state index contributed by atoms with van der Waals surface area (Å²) in [4.78, 5) is 27.2. The van der Waals surface area contributed by atoms with Crippen LogP contribution >= 0.6 is 23.1 Å². The Kier molecular flexibility index (Phi) is 8.23. The van der Waals surface area contributed by atoms with Crippen molar-refractivity contribution in [2.75, 3.05) is 23.5 Å². The number of hydrogen-bond acceptors (Lipinski definition) is 5. The first-order valence-corrected chi connectivity index (χ1v) is 12.6. The lowest BCUT2D eigenvalue weighted by molar-refractivity contribution is -0.113. The highest BCUT2D eigenvalue weighted by Crippen LogP contribution is 2.25. The number of benzene rings is 3. The third-order valence-corrected chi connectivity index (χ3v) is 6.67. The van der Waals surface area contributed by atoms with Gasteiger partial charge in [0.2, 0.25) is 5.91 Å². The minimum Gasteiger partial charge on any atom is -0.497 e. The van der Waals surface area contributed by atoms with Crippen molar-refractivity contribution >= 4 is 46.3 Å². The lowest BCUT2D eigenvalue weighted by Crippen LogP contribution is -2.16. The van der Waals surface area contributed by atoms with Crippen LogP contribution < -0.4 is 15.4 Å². The summed E-state index contributed by atoms with van der Waals surface area (Å²) < 4.78 is 5.19. The third kappa shape index (κ3) is 7.00. The van der Waals surface area contributed by atoms with Crippen LogP contribution in [-0.4, -0.2) is 24.7 Å². The van der Waals surface area contributed by atoms with Gasteiger partial charge in [-0.05, 0) is 53.9 Å². The number of amides is 2. The molecule has 1 aromatic heterocycles. The van der Waals surface area contributed by atoms with Gasteiger partial charge in [0.15, 0.2) is 0 Å². The third-order valence-electron chi connectivity index (χ3n) is 4.82. The Morgan fingerprint density at radius 2 is 1.69 bits per heavy atom. The number of nitrogens with one attached hydrogen (secondary N) is 2. The Balaban J connectivity index is 1.40. The van der Waals surface area contributed by atoms with Crippen LogP contribution in [-0.2, 0) is 4.79 Å². The van der Waals surface area contributed by atoms with Gasteiger partial charge in [-0.15, -0.1) is 23.1 Å². The molecule has 0 radical (unpaired) electrons. The quantitative estimate of drug-likeness (QED) is 0.237. The molecule has 7 heteroatoms. The molecule has 0 aliphatic rings. The molecule has 4 aromatic rings. The van der Waals surface area contributed by atoms with Crippen LogP contribution in [0.4, 0.5) is 11.4 Å². The van der Waals surface area contributed by atoms with Gasteiger partial charge in [0, 0.05) is 27.9 Å². The summed E-state index contributed by atoms with van der Waals surface area (Å²) in [5.74, 6) is 6.66. The van der Waals surface area contributed by atoms with Crippen LogP contribution in [0.15, 0.2) is 95.2 Å². The highest BCUT2D eigenvalue weighted by molar-refractivity contribution is 8.00. The Morgan fingerprint density at radius 1 is 0.886 bits per heavy atom. The summed E-state index contributed by atoms with van der Waals surface area (Å²) >= 11 is 2.89. The molecule has 3 aromatic carbocycles. The van der Waals surface area contributed by atoms with Crippen LogP contribution in [0.25, 0.3) is 0 Å². The molecule has 0 spiro atoms. The smallest absolute Gasteiger partial charge is 0.256 e. The number of rotatable bonds is 7. The molecule has 0 saturated carbocycles. The molecular weight excluding hydrogens is 476 g/mol. The van der Waals surface area contributed by atoms with Crippen LogP contribution in [0.3, 0.4) is 0 Å². The van der Waals surface area contributed by atoms with Crippen LogP contribution in [0, 0.1) is 11.8 Å². The van der Waals surface area contributed by atoms with Crippen molar-refractivity contribution < 1.29 is 14.3 Å². The monoisotopic (exact) mass is 498 g/mol. The van der Waals surface area contributed by atoms with E-state index in [-0.39, 0.29) is 17.6 Å². The fourth-order valence-corrected chi connectivity index (χ4v) is 4.60. The topological polar surface area (TPSA) is 67.4 Å². The summed E-state index contributed by atoms with van der Waals surface area (Å²) in [5, 5.41) is 7.78. The maximum Gasteiger partial charge on any atom is 0.256 e. The molecule has 0 bridgehead atoms. The second kappa shape index (κ2) is 11.9. The highest BCUT2D eigenvalue weighted by atomic mass is 32.2. The molecule has 0 aliphatic carbocycles. The van der Waals surface area contributed by atoms with E-state index in [9.17, 15) is 9.59 Å². The average Bonchev–Trinajstić information content (AvgIpc) is 3.40. The van der Waals surface area contributed by atoms with E-state index < -0.39 is 0 Å². The van der Waals surface area contributed by atoms with Gasteiger partial charge in [-0.25, -0.2) is 0 Å². The Labute approximate surface area is 212 Å². The van der Waals surface area contributed by atoms with E-state index >= 15 is 0 Å². The first-order valence-electron chi connectivity index (χ1n) is 10.7. The average molecular weight is 499 g/mol. The summed E-state index contributed by atoms with van der Waals surface area (Å²) in [5.41, 5.74) is 2.63. The Morgan fingerprint density at radius 3 is 2.49 bits per heavy atom. The van der Waals surface area contributed by atoms with Crippen molar-refractivity contribution in [3.8, 4) is 17.6 Å². The molecule has 5 nitrogen and oxygen atoms in total. The maximum absolute atomic E-state index is 13.0. The maximum atomic E-state index is 13.0. The van der Waals surface area contributed by atoms with Crippen LogP contribution in [0.2, 0.25) is 0 Å². The largest absolute Gasteiger partial charge is 0.497 e. The number of ether oxygens (including phenoxy) is 1. The summed E-state index contributed by atoms with van der Waals surface area (Å²) in [6.45, 7) is 0. The normalized spacial score (nSPS) is 10.1. The minimum atomic E-state index is -0.246. The molecule has 0 unspecified atom stereocenters. The van der Waals surface area contributed by atoms with Gasteiger partial charge in [-0.3, -0.25) is 9.59 Å². The fourth-order valence-electron chi connectivity index (χ4n) is 3.18. The second-order valence-corrected chi connectivity index (χ2v) is 9.29. The second-order valence-electron chi connectivity index (χ2n) is 7.33. The van der Waals surface area contributed by atoms with Gasteiger partial charge in [-0.2, -0.15) is 0 Å². The van der Waals surface area contributed by atoms with Gasteiger partial charge in [0.05, 0.1) is 23.3 Å². The molecule has 4 rings (SSSR count). The molecule has 174 valence electrons. The predicted octanol–water partition coefficient (Wildman–Crippen LogP) is 6.14. The Hall–Kier alpha value is -3.99. The van der Waals surface area contributed by atoms with Gasteiger partial charge < -0.3 is 15.4 Å². The Bertz CT molecular complexity index is 1390. The molecular formula is C28H22N2O3S2. The fraction of sp³-hybridized carbons (Fsp3) is 0.0714. The molecule has 1 heterocycles. The van der Waals surface area contributed by atoms with E-state index in [1.54, 1.807) is 42.7 Å². The molecule has 35 heavy (non-hydrogen) atoms. The van der Waals surface area contributed by atoms with Crippen molar-refractivity contribution in [3.05, 3.63) is 106 Å². The molecule has 0 atom stereocenters. The van der Waals surface area contributed by atoms with Crippen molar-refractivity contribution in [2.45, 2.75) is 4.90 Å². The number of carbonyl (C=O) groups is 2. The lowest BCUT2D eigenvalue weighted by Gasteiger charge is -2.11. The van der Waals surface area contributed by atoms with E-state index in [0.717, 1.165) is 15.3 Å². The van der Waals surface area contributed by atoms with Crippen LogP contribution in [0.5, 0.6) is 5.75 Å². The first kappa shape index (κ1) is 24.1. The SMILES string of the molecule is COc1cccc(NC(=O)CSc2ccccc2C(=O)Nc2cccc(C#Cc3cccs3)c2)c1. The molecule has 0 saturated heterocycles.